The van der Waals surface area contributed by atoms with Crippen molar-refractivity contribution >= 4 is 40.4 Å². The summed E-state index contributed by atoms with van der Waals surface area (Å²) in [6.07, 6.45) is 2.04. The SMILES string of the molecule is NC(=S)C1CCCN(CC(=O)Nc2ccc(Cl)cc2)C1. The Balaban J connectivity index is 1.85. The molecular formula is C14H18ClN3OS. The molecule has 0 aliphatic carbocycles. The number of halogens is 1. The number of amides is 1. The van der Waals surface area contributed by atoms with Gasteiger partial charge in [-0.3, -0.25) is 9.69 Å². The largest absolute Gasteiger partial charge is 0.393 e. The first-order valence-corrected chi connectivity index (χ1v) is 7.40. The van der Waals surface area contributed by atoms with Crippen molar-refractivity contribution in [1.82, 2.24) is 4.90 Å². The number of hydrogen-bond donors (Lipinski definition) is 2. The maximum absolute atomic E-state index is 12.0. The molecule has 0 bridgehead atoms. The van der Waals surface area contributed by atoms with Crippen molar-refractivity contribution in [3.8, 4) is 0 Å². The molecule has 3 N–H and O–H groups in total. The average molecular weight is 312 g/mol. The number of thiocarbonyl (C=S) groups is 1. The third-order valence-corrected chi connectivity index (χ3v) is 3.99. The van der Waals surface area contributed by atoms with Crippen molar-refractivity contribution in [2.45, 2.75) is 12.8 Å². The van der Waals surface area contributed by atoms with E-state index >= 15 is 0 Å². The van der Waals surface area contributed by atoms with Crippen LogP contribution in [0.1, 0.15) is 12.8 Å². The van der Waals surface area contributed by atoms with Crippen LogP contribution in [-0.4, -0.2) is 35.4 Å². The first kappa shape index (κ1) is 15.2. The van der Waals surface area contributed by atoms with E-state index in [1.807, 2.05) is 0 Å². The van der Waals surface area contributed by atoms with E-state index in [-0.39, 0.29) is 11.8 Å². The molecule has 0 saturated carbocycles. The highest BCUT2D eigenvalue weighted by molar-refractivity contribution is 7.80. The molecule has 6 heteroatoms. The van der Waals surface area contributed by atoms with Crippen LogP contribution in [0.5, 0.6) is 0 Å². The molecular weight excluding hydrogens is 294 g/mol. The van der Waals surface area contributed by atoms with Crippen LogP contribution in [0, 0.1) is 5.92 Å². The molecule has 108 valence electrons. The first-order valence-electron chi connectivity index (χ1n) is 6.61. The molecule has 20 heavy (non-hydrogen) atoms. The van der Waals surface area contributed by atoms with Gasteiger partial charge in [0.05, 0.1) is 11.5 Å². The summed E-state index contributed by atoms with van der Waals surface area (Å²) in [4.78, 5) is 14.6. The van der Waals surface area contributed by atoms with Gasteiger partial charge in [-0.25, -0.2) is 0 Å². The smallest absolute Gasteiger partial charge is 0.238 e. The molecule has 1 amide bonds. The number of nitrogens with two attached hydrogens (primary N) is 1. The van der Waals surface area contributed by atoms with E-state index in [2.05, 4.69) is 10.2 Å². The Morgan fingerprint density at radius 1 is 1.45 bits per heavy atom. The second-order valence-corrected chi connectivity index (χ2v) is 5.94. The van der Waals surface area contributed by atoms with Crippen LogP contribution in [0.25, 0.3) is 0 Å². The number of likely N-dealkylation sites (tertiary alicyclic amines) is 1. The number of benzene rings is 1. The Kier molecular flexibility index (Phi) is 5.34. The van der Waals surface area contributed by atoms with Gasteiger partial charge in [0.1, 0.15) is 0 Å². The third kappa shape index (κ3) is 4.44. The minimum atomic E-state index is -0.0316. The van der Waals surface area contributed by atoms with Crippen molar-refractivity contribution in [3.05, 3.63) is 29.3 Å². The zero-order valence-electron chi connectivity index (χ0n) is 11.1. The maximum Gasteiger partial charge on any atom is 0.238 e. The van der Waals surface area contributed by atoms with E-state index < -0.39 is 0 Å². The minimum absolute atomic E-state index is 0.0316. The van der Waals surface area contributed by atoms with Gasteiger partial charge in [0.2, 0.25) is 5.91 Å². The summed E-state index contributed by atoms with van der Waals surface area (Å²) in [6.45, 7) is 2.04. The van der Waals surface area contributed by atoms with Crippen LogP contribution in [0.3, 0.4) is 0 Å². The summed E-state index contributed by atoms with van der Waals surface area (Å²) in [5.41, 5.74) is 6.44. The highest BCUT2D eigenvalue weighted by Gasteiger charge is 2.23. The van der Waals surface area contributed by atoms with Gasteiger partial charge in [0.15, 0.2) is 0 Å². The van der Waals surface area contributed by atoms with Crippen LogP contribution in [0.15, 0.2) is 24.3 Å². The molecule has 1 saturated heterocycles. The summed E-state index contributed by atoms with van der Waals surface area (Å²) >= 11 is 10.8. The summed E-state index contributed by atoms with van der Waals surface area (Å²) in [5, 5.41) is 3.51. The lowest BCUT2D eigenvalue weighted by Crippen LogP contribution is -2.43. The highest BCUT2D eigenvalue weighted by Crippen LogP contribution is 2.17. The second kappa shape index (κ2) is 7.02. The number of hydrogen-bond acceptors (Lipinski definition) is 3. The summed E-state index contributed by atoms with van der Waals surface area (Å²) in [6, 6.07) is 7.07. The summed E-state index contributed by atoms with van der Waals surface area (Å²) in [5.74, 6) is 0.193. The topological polar surface area (TPSA) is 58.4 Å². The number of nitrogens with one attached hydrogen (secondary N) is 1. The summed E-state index contributed by atoms with van der Waals surface area (Å²) in [7, 11) is 0. The minimum Gasteiger partial charge on any atom is -0.393 e. The van der Waals surface area contributed by atoms with E-state index in [0.29, 0.717) is 16.6 Å². The normalized spacial score (nSPS) is 19.6. The molecule has 1 aliphatic rings. The van der Waals surface area contributed by atoms with Crippen LogP contribution in [-0.2, 0) is 4.79 Å². The average Bonchev–Trinajstić information content (AvgIpc) is 2.41. The van der Waals surface area contributed by atoms with Gasteiger partial charge >= 0.3 is 0 Å². The van der Waals surface area contributed by atoms with Gasteiger partial charge in [-0.1, -0.05) is 23.8 Å². The predicted octanol–water partition coefficient (Wildman–Crippen LogP) is 2.28. The molecule has 1 heterocycles. The maximum atomic E-state index is 12.0. The Labute approximate surface area is 129 Å². The fraction of sp³-hybridized carbons (Fsp3) is 0.429. The van der Waals surface area contributed by atoms with Gasteiger partial charge in [-0.05, 0) is 43.7 Å². The van der Waals surface area contributed by atoms with Crippen molar-refractivity contribution in [2.75, 3.05) is 25.0 Å². The summed E-state index contributed by atoms with van der Waals surface area (Å²) < 4.78 is 0. The fourth-order valence-corrected chi connectivity index (χ4v) is 2.69. The van der Waals surface area contributed by atoms with Crippen molar-refractivity contribution < 1.29 is 4.79 Å². The number of piperidine rings is 1. The Hall–Kier alpha value is -1.17. The fourth-order valence-electron chi connectivity index (χ4n) is 2.37. The molecule has 1 fully saturated rings. The number of anilines is 1. The molecule has 1 unspecified atom stereocenters. The molecule has 1 aliphatic heterocycles. The predicted molar refractivity (Wildman–Crippen MR) is 86.0 cm³/mol. The van der Waals surface area contributed by atoms with Crippen molar-refractivity contribution in [1.29, 1.82) is 0 Å². The molecule has 0 aromatic heterocycles. The molecule has 0 spiro atoms. The van der Waals surface area contributed by atoms with E-state index in [1.165, 1.54) is 0 Å². The zero-order chi connectivity index (χ0) is 14.5. The molecule has 1 aromatic rings. The number of carbonyl (C=O) groups excluding carboxylic acids is 1. The van der Waals surface area contributed by atoms with Gasteiger partial charge in [0.25, 0.3) is 0 Å². The first-order chi connectivity index (χ1) is 9.54. The molecule has 1 atom stereocenters. The highest BCUT2D eigenvalue weighted by atomic mass is 35.5. The van der Waals surface area contributed by atoms with E-state index in [9.17, 15) is 4.79 Å². The van der Waals surface area contributed by atoms with Gasteiger partial charge in [0, 0.05) is 23.2 Å². The van der Waals surface area contributed by atoms with Crippen LogP contribution in [0.4, 0.5) is 5.69 Å². The third-order valence-electron chi connectivity index (χ3n) is 3.40. The number of rotatable bonds is 4. The lowest BCUT2D eigenvalue weighted by atomic mass is 9.98. The van der Waals surface area contributed by atoms with E-state index in [0.717, 1.165) is 31.6 Å². The van der Waals surface area contributed by atoms with Crippen LogP contribution in [0.2, 0.25) is 5.02 Å². The quantitative estimate of drug-likeness (QED) is 0.838. The Bertz CT molecular complexity index is 492. The zero-order valence-corrected chi connectivity index (χ0v) is 12.7. The van der Waals surface area contributed by atoms with Crippen molar-refractivity contribution in [2.24, 2.45) is 11.7 Å². The Morgan fingerprint density at radius 2 is 2.15 bits per heavy atom. The van der Waals surface area contributed by atoms with Crippen molar-refractivity contribution in [3.63, 3.8) is 0 Å². The van der Waals surface area contributed by atoms with Crippen LogP contribution >= 0.6 is 23.8 Å². The molecule has 4 nitrogen and oxygen atoms in total. The monoisotopic (exact) mass is 311 g/mol. The van der Waals surface area contributed by atoms with Gasteiger partial charge < -0.3 is 11.1 Å². The second-order valence-electron chi connectivity index (χ2n) is 5.03. The van der Waals surface area contributed by atoms with E-state index in [4.69, 9.17) is 29.6 Å². The lowest BCUT2D eigenvalue weighted by molar-refractivity contribution is -0.117. The molecule has 0 radical (unpaired) electrons. The van der Waals surface area contributed by atoms with E-state index in [1.54, 1.807) is 24.3 Å². The number of nitrogens with zero attached hydrogens (tertiary/aromatic N) is 1. The standard InChI is InChI=1S/C14H18ClN3OS/c15-11-3-5-12(6-4-11)17-13(19)9-18-7-1-2-10(8-18)14(16)20/h3-6,10H,1-2,7-9H2,(H2,16,20)(H,17,19). The number of carbonyl (C=O) groups is 1. The molecule has 1 aromatic carbocycles. The van der Waals surface area contributed by atoms with Gasteiger partial charge in [-0.2, -0.15) is 0 Å². The van der Waals surface area contributed by atoms with Gasteiger partial charge in [-0.15, -0.1) is 0 Å². The van der Waals surface area contributed by atoms with Crippen LogP contribution < -0.4 is 11.1 Å². The lowest BCUT2D eigenvalue weighted by Gasteiger charge is -2.31. The Morgan fingerprint density at radius 3 is 2.80 bits per heavy atom. The molecule has 2 rings (SSSR count).